The van der Waals surface area contributed by atoms with Crippen molar-refractivity contribution in [3.05, 3.63) is 12.7 Å². The van der Waals surface area contributed by atoms with E-state index in [1.807, 2.05) is 0 Å². The van der Waals surface area contributed by atoms with Crippen LogP contribution < -0.4 is 5.32 Å². The van der Waals surface area contributed by atoms with Crippen LogP contribution in [-0.2, 0) is 14.3 Å². The number of carbonyl (C=O) groups is 1. The van der Waals surface area contributed by atoms with Crippen molar-refractivity contribution in [1.29, 1.82) is 0 Å². The topological polar surface area (TPSA) is 108 Å². The van der Waals surface area contributed by atoms with Gasteiger partial charge in [0, 0.05) is 6.92 Å². The van der Waals surface area contributed by atoms with E-state index in [1.165, 1.54) is 13.0 Å². The van der Waals surface area contributed by atoms with Gasteiger partial charge in [0.25, 0.3) is 0 Å². The zero-order valence-electron chi connectivity index (χ0n) is 10.2. The molecule has 1 aliphatic heterocycles. The van der Waals surface area contributed by atoms with Gasteiger partial charge in [0.1, 0.15) is 24.4 Å². The van der Waals surface area contributed by atoms with E-state index in [9.17, 15) is 15.0 Å². The first-order chi connectivity index (χ1) is 8.51. The van der Waals surface area contributed by atoms with Crippen LogP contribution in [0, 0.1) is 0 Å². The quantitative estimate of drug-likeness (QED) is 0.432. The minimum Gasteiger partial charge on any atom is -0.394 e. The first-order valence-corrected chi connectivity index (χ1v) is 5.63. The molecule has 0 spiro atoms. The van der Waals surface area contributed by atoms with Crippen LogP contribution in [0.4, 0.5) is 0 Å². The van der Waals surface area contributed by atoms with Crippen molar-refractivity contribution in [3.63, 3.8) is 0 Å². The molecule has 7 heteroatoms. The summed E-state index contributed by atoms with van der Waals surface area (Å²) in [6.45, 7) is 4.45. The van der Waals surface area contributed by atoms with Gasteiger partial charge in [-0.15, -0.1) is 6.58 Å². The number of carbonyl (C=O) groups excluding carboxylic acids is 1. The highest BCUT2D eigenvalue weighted by Gasteiger charge is 2.45. The van der Waals surface area contributed by atoms with E-state index in [-0.39, 0.29) is 12.5 Å². The lowest BCUT2D eigenvalue weighted by Gasteiger charge is -2.42. The van der Waals surface area contributed by atoms with Crippen molar-refractivity contribution in [1.82, 2.24) is 5.32 Å². The molecule has 0 saturated carbocycles. The molecule has 0 bridgehead atoms. The Morgan fingerprint density at radius 1 is 1.50 bits per heavy atom. The van der Waals surface area contributed by atoms with E-state index in [1.54, 1.807) is 0 Å². The van der Waals surface area contributed by atoms with E-state index < -0.39 is 37.3 Å². The second kappa shape index (κ2) is 6.81. The summed E-state index contributed by atoms with van der Waals surface area (Å²) in [5.74, 6) is -0.385. The molecule has 0 radical (unpaired) electrons. The second-order valence-electron chi connectivity index (χ2n) is 4.05. The van der Waals surface area contributed by atoms with E-state index >= 15 is 0 Å². The minimum atomic E-state index is -1.30. The van der Waals surface area contributed by atoms with Crippen LogP contribution >= 0.6 is 0 Å². The van der Waals surface area contributed by atoms with Gasteiger partial charge in [0.05, 0.1) is 13.2 Å². The van der Waals surface area contributed by atoms with Crippen molar-refractivity contribution < 1.29 is 29.6 Å². The van der Waals surface area contributed by atoms with Gasteiger partial charge >= 0.3 is 0 Å². The standard InChI is InChI=1S/C11H19NO6/c1-3-4-17-11-8(12-6(2)14)10(16)9(15)7(5-13)18-11/h3,7-11,13,15-16H,1,4-5H2,2H3,(H,12,14)/t7?,8?,9-,10-,11+/m1/s1. The fourth-order valence-corrected chi connectivity index (χ4v) is 1.78. The zero-order valence-corrected chi connectivity index (χ0v) is 10.2. The molecule has 1 rings (SSSR count). The van der Waals surface area contributed by atoms with Gasteiger partial charge in [-0.3, -0.25) is 4.79 Å². The SMILES string of the molecule is C=CCO[C@H]1OC(CO)[C@@H](O)[C@H](O)C1NC(C)=O. The van der Waals surface area contributed by atoms with E-state index in [0.29, 0.717) is 0 Å². The van der Waals surface area contributed by atoms with Gasteiger partial charge in [-0.1, -0.05) is 6.08 Å². The number of nitrogens with one attached hydrogen (secondary N) is 1. The summed E-state index contributed by atoms with van der Waals surface area (Å²) in [5, 5.41) is 31.1. The van der Waals surface area contributed by atoms with Crippen molar-refractivity contribution in [2.45, 2.75) is 37.6 Å². The molecule has 0 aromatic carbocycles. The predicted octanol–water partition coefficient (Wildman–Crippen LogP) is -1.87. The molecule has 2 unspecified atom stereocenters. The number of hydrogen-bond acceptors (Lipinski definition) is 6. The number of amides is 1. The summed E-state index contributed by atoms with van der Waals surface area (Å²) < 4.78 is 10.5. The smallest absolute Gasteiger partial charge is 0.217 e. The monoisotopic (exact) mass is 261 g/mol. The lowest BCUT2D eigenvalue weighted by atomic mass is 9.97. The molecule has 1 aliphatic rings. The van der Waals surface area contributed by atoms with Gasteiger partial charge in [-0.05, 0) is 0 Å². The molecular weight excluding hydrogens is 242 g/mol. The average molecular weight is 261 g/mol. The summed E-state index contributed by atoms with van der Waals surface area (Å²) in [6, 6.07) is -0.903. The average Bonchev–Trinajstić information content (AvgIpc) is 2.33. The molecule has 1 heterocycles. The molecule has 104 valence electrons. The first kappa shape index (κ1) is 15.1. The molecule has 0 aromatic rings. The highest BCUT2D eigenvalue weighted by atomic mass is 16.7. The Morgan fingerprint density at radius 3 is 2.67 bits per heavy atom. The third-order valence-corrected chi connectivity index (χ3v) is 2.63. The van der Waals surface area contributed by atoms with Crippen molar-refractivity contribution in [2.75, 3.05) is 13.2 Å². The van der Waals surface area contributed by atoms with Gasteiger partial charge < -0.3 is 30.1 Å². The third-order valence-electron chi connectivity index (χ3n) is 2.63. The zero-order chi connectivity index (χ0) is 13.7. The summed E-state index contributed by atoms with van der Waals surface area (Å²) in [5.41, 5.74) is 0. The van der Waals surface area contributed by atoms with E-state index in [0.717, 1.165) is 0 Å². The number of hydrogen-bond donors (Lipinski definition) is 4. The van der Waals surface area contributed by atoms with Crippen LogP contribution in [0.1, 0.15) is 6.92 Å². The molecule has 1 saturated heterocycles. The van der Waals surface area contributed by atoms with Crippen molar-refractivity contribution in [2.24, 2.45) is 0 Å². The highest BCUT2D eigenvalue weighted by molar-refractivity contribution is 5.73. The fraction of sp³-hybridized carbons (Fsp3) is 0.727. The highest BCUT2D eigenvalue weighted by Crippen LogP contribution is 2.22. The number of aliphatic hydroxyl groups excluding tert-OH is 3. The molecular formula is C11H19NO6. The Labute approximate surface area is 105 Å². The molecule has 18 heavy (non-hydrogen) atoms. The third kappa shape index (κ3) is 3.50. The van der Waals surface area contributed by atoms with Gasteiger partial charge in [0.2, 0.25) is 5.91 Å². The van der Waals surface area contributed by atoms with E-state index in [4.69, 9.17) is 14.6 Å². The van der Waals surface area contributed by atoms with E-state index in [2.05, 4.69) is 11.9 Å². The van der Waals surface area contributed by atoms with Crippen LogP contribution in [0.5, 0.6) is 0 Å². The van der Waals surface area contributed by atoms with Crippen molar-refractivity contribution in [3.8, 4) is 0 Å². The second-order valence-corrected chi connectivity index (χ2v) is 4.05. The van der Waals surface area contributed by atoms with Crippen LogP contribution in [0.25, 0.3) is 0 Å². The van der Waals surface area contributed by atoms with Crippen molar-refractivity contribution >= 4 is 5.91 Å². The normalized spacial score (nSPS) is 36.1. The summed E-state index contributed by atoms with van der Waals surface area (Å²) in [7, 11) is 0. The molecule has 5 atom stereocenters. The summed E-state index contributed by atoms with van der Waals surface area (Å²) in [4.78, 5) is 11.1. The molecule has 0 aliphatic carbocycles. The lowest BCUT2D eigenvalue weighted by molar-refractivity contribution is -0.267. The number of aliphatic hydroxyl groups is 3. The molecule has 0 aromatic heterocycles. The maximum atomic E-state index is 11.1. The number of ether oxygens (including phenoxy) is 2. The molecule has 1 fully saturated rings. The first-order valence-electron chi connectivity index (χ1n) is 5.63. The summed E-state index contributed by atoms with van der Waals surface area (Å²) in [6.07, 6.45) is -3.01. The largest absolute Gasteiger partial charge is 0.394 e. The predicted molar refractivity (Wildman–Crippen MR) is 61.5 cm³/mol. The molecule has 1 amide bonds. The minimum absolute atomic E-state index is 0.154. The lowest BCUT2D eigenvalue weighted by Crippen LogP contribution is -2.64. The Kier molecular flexibility index (Phi) is 5.70. The van der Waals surface area contributed by atoms with Gasteiger partial charge in [-0.2, -0.15) is 0 Å². The van der Waals surface area contributed by atoms with Crippen LogP contribution in [0.3, 0.4) is 0 Å². The summed E-state index contributed by atoms with van der Waals surface area (Å²) >= 11 is 0. The Hall–Kier alpha value is -0.990. The Balaban J connectivity index is 2.79. The molecule has 4 N–H and O–H groups in total. The maximum Gasteiger partial charge on any atom is 0.217 e. The fourth-order valence-electron chi connectivity index (χ4n) is 1.78. The Bertz CT molecular complexity index is 297. The molecule has 7 nitrogen and oxygen atoms in total. The maximum absolute atomic E-state index is 11.1. The Morgan fingerprint density at radius 2 is 2.17 bits per heavy atom. The van der Waals surface area contributed by atoms with Gasteiger partial charge in [0.15, 0.2) is 6.29 Å². The van der Waals surface area contributed by atoms with Crippen LogP contribution in [-0.4, -0.2) is 65.1 Å². The van der Waals surface area contributed by atoms with Gasteiger partial charge in [-0.25, -0.2) is 0 Å². The van der Waals surface area contributed by atoms with Crippen LogP contribution in [0.15, 0.2) is 12.7 Å². The number of rotatable bonds is 5. The van der Waals surface area contributed by atoms with Crippen LogP contribution in [0.2, 0.25) is 0 Å².